The fourth-order valence-corrected chi connectivity index (χ4v) is 0.765. The van der Waals surface area contributed by atoms with E-state index in [-0.39, 0.29) is 11.8 Å². The first-order valence-corrected chi connectivity index (χ1v) is 4.09. The van der Waals surface area contributed by atoms with Crippen molar-refractivity contribution < 1.29 is 4.79 Å². The Bertz CT molecular complexity index is 204. The van der Waals surface area contributed by atoms with Crippen LogP contribution < -0.4 is 0 Å². The first kappa shape index (κ1) is 11.0. The molecule has 2 heteroatoms. The second-order valence-electron chi connectivity index (χ2n) is 3.08. The van der Waals surface area contributed by atoms with Crippen LogP contribution >= 0.6 is 0 Å². The van der Waals surface area contributed by atoms with Gasteiger partial charge in [-0.25, -0.2) is 0 Å². The molecule has 68 valence electrons. The summed E-state index contributed by atoms with van der Waals surface area (Å²) in [6.07, 6.45) is 3.56. The van der Waals surface area contributed by atoms with Gasteiger partial charge in [-0.1, -0.05) is 26.5 Å². The van der Waals surface area contributed by atoms with Gasteiger partial charge in [-0.2, -0.15) is 0 Å². The first-order valence-electron chi connectivity index (χ1n) is 4.09. The molecule has 0 aromatic carbocycles. The summed E-state index contributed by atoms with van der Waals surface area (Å²) in [5, 5.41) is 0. The number of rotatable bonds is 3. The van der Waals surface area contributed by atoms with Crippen LogP contribution in [0.3, 0.4) is 0 Å². The van der Waals surface area contributed by atoms with Gasteiger partial charge in [0.2, 0.25) is 0 Å². The van der Waals surface area contributed by atoms with Crippen molar-refractivity contribution in [1.82, 2.24) is 4.90 Å². The monoisotopic (exact) mass is 167 g/mol. The lowest BCUT2D eigenvalue weighted by Crippen LogP contribution is -2.24. The Morgan fingerprint density at radius 2 is 2.00 bits per heavy atom. The lowest BCUT2D eigenvalue weighted by Gasteiger charge is -2.15. The van der Waals surface area contributed by atoms with E-state index in [9.17, 15) is 4.79 Å². The summed E-state index contributed by atoms with van der Waals surface area (Å²) in [4.78, 5) is 13.0. The van der Waals surface area contributed by atoms with Gasteiger partial charge in [0.25, 0.3) is 5.91 Å². The summed E-state index contributed by atoms with van der Waals surface area (Å²) in [6, 6.07) is 0. The lowest BCUT2D eigenvalue weighted by molar-refractivity contribution is -0.124. The summed E-state index contributed by atoms with van der Waals surface area (Å²) < 4.78 is 0. The highest BCUT2D eigenvalue weighted by atomic mass is 16.2. The van der Waals surface area contributed by atoms with Crippen LogP contribution in [0, 0.1) is 5.92 Å². The van der Waals surface area contributed by atoms with E-state index in [4.69, 9.17) is 0 Å². The van der Waals surface area contributed by atoms with E-state index >= 15 is 0 Å². The third-order valence-corrected chi connectivity index (χ3v) is 1.66. The van der Waals surface area contributed by atoms with Crippen molar-refractivity contribution in [3.8, 4) is 0 Å². The zero-order valence-electron chi connectivity index (χ0n) is 8.29. The van der Waals surface area contributed by atoms with Crippen LogP contribution in [0.15, 0.2) is 24.4 Å². The highest BCUT2D eigenvalue weighted by molar-refractivity contribution is 5.93. The van der Waals surface area contributed by atoms with E-state index in [1.54, 1.807) is 18.1 Å². The van der Waals surface area contributed by atoms with E-state index in [2.05, 4.69) is 6.58 Å². The minimum absolute atomic E-state index is 0.0110. The highest BCUT2D eigenvalue weighted by Crippen LogP contribution is 2.09. The molecule has 0 saturated heterocycles. The predicted octanol–water partition coefficient (Wildman–Crippen LogP) is 2.19. The van der Waals surface area contributed by atoms with Gasteiger partial charge >= 0.3 is 0 Å². The molecule has 1 amide bonds. The SMILES string of the molecule is C=C(C(=O)N(C)/C=C\C)C(C)C. The van der Waals surface area contributed by atoms with Gasteiger partial charge in [0.1, 0.15) is 0 Å². The van der Waals surface area contributed by atoms with Crippen LogP contribution in [0.5, 0.6) is 0 Å². The number of hydrogen-bond acceptors (Lipinski definition) is 1. The molecule has 0 aliphatic carbocycles. The Hall–Kier alpha value is -1.05. The summed E-state index contributed by atoms with van der Waals surface area (Å²) in [7, 11) is 1.73. The molecule has 0 atom stereocenters. The van der Waals surface area contributed by atoms with Crippen molar-refractivity contribution in [2.75, 3.05) is 7.05 Å². The van der Waals surface area contributed by atoms with Gasteiger partial charge in [0.15, 0.2) is 0 Å². The average molecular weight is 167 g/mol. The van der Waals surface area contributed by atoms with Crippen LogP contribution in [0.25, 0.3) is 0 Å². The summed E-state index contributed by atoms with van der Waals surface area (Å²) in [5.74, 6) is 0.202. The number of likely N-dealkylation sites (N-methyl/N-ethyl adjacent to an activating group) is 1. The average Bonchev–Trinajstić information content (AvgIpc) is 2.02. The van der Waals surface area contributed by atoms with Crippen LogP contribution in [-0.2, 0) is 4.79 Å². The number of hydrogen-bond donors (Lipinski definition) is 0. The zero-order valence-corrected chi connectivity index (χ0v) is 8.29. The molecule has 0 unspecified atom stereocenters. The molecule has 0 saturated carbocycles. The third kappa shape index (κ3) is 2.91. The normalized spacial score (nSPS) is 10.8. The van der Waals surface area contributed by atoms with Gasteiger partial charge in [-0.3, -0.25) is 4.79 Å². The molecule has 0 aromatic rings. The summed E-state index contributed by atoms with van der Waals surface area (Å²) in [5.41, 5.74) is 0.649. The Labute approximate surface area is 74.6 Å². The second-order valence-corrected chi connectivity index (χ2v) is 3.08. The first-order chi connectivity index (χ1) is 5.50. The molecule has 0 fully saturated rings. The molecular formula is C10H17NO. The van der Waals surface area contributed by atoms with Crippen LogP contribution in [0.1, 0.15) is 20.8 Å². The van der Waals surface area contributed by atoms with Crippen LogP contribution in [-0.4, -0.2) is 17.9 Å². The molecular weight excluding hydrogens is 150 g/mol. The molecule has 0 bridgehead atoms. The van der Waals surface area contributed by atoms with Crippen molar-refractivity contribution in [1.29, 1.82) is 0 Å². The Balaban J connectivity index is 4.29. The smallest absolute Gasteiger partial charge is 0.253 e. The highest BCUT2D eigenvalue weighted by Gasteiger charge is 2.12. The van der Waals surface area contributed by atoms with Crippen LogP contribution in [0.4, 0.5) is 0 Å². The molecule has 0 rings (SSSR count). The minimum Gasteiger partial charge on any atom is -0.319 e. The molecule has 0 N–H and O–H groups in total. The Morgan fingerprint density at radius 1 is 1.50 bits per heavy atom. The number of carbonyl (C=O) groups excluding carboxylic acids is 1. The number of amides is 1. The molecule has 0 aromatic heterocycles. The van der Waals surface area contributed by atoms with E-state index in [0.717, 1.165) is 0 Å². The Morgan fingerprint density at radius 3 is 2.33 bits per heavy atom. The van der Waals surface area contributed by atoms with Crippen molar-refractivity contribution in [3.05, 3.63) is 24.4 Å². The predicted molar refractivity (Wildman–Crippen MR) is 51.6 cm³/mol. The molecule has 2 nitrogen and oxygen atoms in total. The maximum Gasteiger partial charge on any atom is 0.253 e. The molecule has 0 aliphatic rings. The van der Waals surface area contributed by atoms with Gasteiger partial charge in [0, 0.05) is 18.8 Å². The minimum atomic E-state index is -0.0110. The van der Waals surface area contributed by atoms with Crippen molar-refractivity contribution in [2.45, 2.75) is 20.8 Å². The standard InChI is InChI=1S/C10H17NO/c1-6-7-11(5)10(12)9(4)8(2)3/h6-8H,4H2,1-3,5H3/b7-6-. The van der Waals surface area contributed by atoms with Crippen molar-refractivity contribution in [2.24, 2.45) is 5.92 Å². The Kier molecular flexibility index (Phi) is 4.34. The number of nitrogens with zero attached hydrogens (tertiary/aromatic N) is 1. The van der Waals surface area contributed by atoms with Crippen molar-refractivity contribution >= 4 is 5.91 Å². The molecule has 0 aliphatic heterocycles. The molecule has 0 heterocycles. The quantitative estimate of drug-likeness (QED) is 0.590. The van der Waals surface area contributed by atoms with Gasteiger partial charge in [0.05, 0.1) is 0 Å². The summed E-state index contributed by atoms with van der Waals surface area (Å²) >= 11 is 0. The lowest BCUT2D eigenvalue weighted by atomic mass is 10.0. The summed E-state index contributed by atoms with van der Waals surface area (Å²) in [6.45, 7) is 9.53. The third-order valence-electron chi connectivity index (χ3n) is 1.66. The largest absolute Gasteiger partial charge is 0.319 e. The van der Waals surface area contributed by atoms with E-state index in [0.29, 0.717) is 5.57 Å². The topological polar surface area (TPSA) is 20.3 Å². The fraction of sp³-hybridized carbons (Fsp3) is 0.500. The van der Waals surface area contributed by atoms with Crippen LogP contribution in [0.2, 0.25) is 0 Å². The van der Waals surface area contributed by atoms with Gasteiger partial charge < -0.3 is 4.90 Å². The molecule has 0 spiro atoms. The van der Waals surface area contributed by atoms with E-state index < -0.39 is 0 Å². The van der Waals surface area contributed by atoms with Gasteiger partial charge in [-0.05, 0) is 12.8 Å². The molecule has 12 heavy (non-hydrogen) atoms. The number of allylic oxidation sites excluding steroid dienone is 1. The van der Waals surface area contributed by atoms with E-state index in [1.807, 2.05) is 26.8 Å². The zero-order chi connectivity index (χ0) is 9.72. The maximum absolute atomic E-state index is 11.4. The molecule has 0 radical (unpaired) electrons. The number of carbonyl (C=O) groups is 1. The second kappa shape index (κ2) is 4.75. The maximum atomic E-state index is 11.4. The van der Waals surface area contributed by atoms with Crippen molar-refractivity contribution in [3.63, 3.8) is 0 Å². The van der Waals surface area contributed by atoms with Gasteiger partial charge in [-0.15, -0.1) is 0 Å². The fourth-order valence-electron chi connectivity index (χ4n) is 0.765. The van der Waals surface area contributed by atoms with E-state index in [1.165, 1.54) is 0 Å².